The molecule has 7 heteroatoms. The lowest BCUT2D eigenvalue weighted by Crippen LogP contribution is -2.38. The Morgan fingerprint density at radius 1 is 0.929 bits per heavy atom. The van der Waals surface area contributed by atoms with Gasteiger partial charge in [-0.2, -0.15) is 0 Å². The molecule has 4 nitrogen and oxygen atoms in total. The number of fused-ring (bicyclic) bond motifs is 3. The summed E-state index contributed by atoms with van der Waals surface area (Å²) >= 11 is 0. The molecule has 4 rings (SSSR count). The van der Waals surface area contributed by atoms with E-state index < -0.39 is 29.6 Å². The SMILES string of the molecule is COc1cc2ccc3c(c2cc1OC)CC(N)C(c1cc(F)c(F)cc1F)O3. The third-order valence-electron chi connectivity index (χ3n) is 5.02. The molecular formula is C21H18F3NO3. The lowest BCUT2D eigenvalue weighted by Gasteiger charge is -2.32. The summed E-state index contributed by atoms with van der Waals surface area (Å²) in [6.07, 6.45) is -0.564. The molecule has 2 atom stereocenters. The summed E-state index contributed by atoms with van der Waals surface area (Å²) in [4.78, 5) is 0. The topological polar surface area (TPSA) is 53.7 Å². The lowest BCUT2D eigenvalue weighted by molar-refractivity contribution is 0.149. The second-order valence-electron chi connectivity index (χ2n) is 6.66. The Labute approximate surface area is 159 Å². The molecule has 1 aliphatic heterocycles. The molecule has 0 fully saturated rings. The summed E-state index contributed by atoms with van der Waals surface area (Å²) in [5.41, 5.74) is 6.97. The molecule has 0 spiro atoms. The smallest absolute Gasteiger partial charge is 0.161 e. The van der Waals surface area contributed by atoms with E-state index in [1.54, 1.807) is 20.3 Å². The fourth-order valence-electron chi connectivity index (χ4n) is 3.63. The van der Waals surface area contributed by atoms with Crippen molar-refractivity contribution in [2.75, 3.05) is 14.2 Å². The van der Waals surface area contributed by atoms with Gasteiger partial charge in [0.25, 0.3) is 0 Å². The molecule has 3 aromatic carbocycles. The van der Waals surface area contributed by atoms with Crippen molar-refractivity contribution in [3.8, 4) is 17.2 Å². The molecule has 2 N–H and O–H groups in total. The van der Waals surface area contributed by atoms with Gasteiger partial charge in [0.2, 0.25) is 0 Å². The van der Waals surface area contributed by atoms with Crippen molar-refractivity contribution in [1.29, 1.82) is 0 Å². The predicted octanol–water partition coefficient (Wildman–Crippen LogP) is 4.28. The van der Waals surface area contributed by atoms with Gasteiger partial charge in [-0.15, -0.1) is 0 Å². The molecule has 28 heavy (non-hydrogen) atoms. The standard InChI is InChI=1S/C21H18F3NO3/c1-26-19-5-10-3-4-18-12(11(10)8-20(19)27-2)7-17(25)21(28-18)13-6-15(23)16(24)9-14(13)22/h3-6,8-9,17,21H,7,25H2,1-2H3. The highest BCUT2D eigenvalue weighted by Crippen LogP contribution is 2.42. The molecule has 0 bridgehead atoms. The summed E-state index contributed by atoms with van der Waals surface area (Å²) in [6, 6.07) is 7.93. The maximum absolute atomic E-state index is 14.2. The second kappa shape index (κ2) is 6.91. The zero-order valence-electron chi connectivity index (χ0n) is 15.3. The van der Waals surface area contributed by atoms with Crippen LogP contribution in [0.3, 0.4) is 0 Å². The van der Waals surface area contributed by atoms with Crippen LogP contribution >= 0.6 is 0 Å². The average Bonchev–Trinajstić information content (AvgIpc) is 2.69. The van der Waals surface area contributed by atoms with Gasteiger partial charge in [-0.25, -0.2) is 13.2 Å². The Hall–Kier alpha value is -2.93. The van der Waals surface area contributed by atoms with Crippen molar-refractivity contribution < 1.29 is 27.4 Å². The van der Waals surface area contributed by atoms with Crippen molar-refractivity contribution >= 4 is 10.8 Å². The number of methoxy groups -OCH3 is 2. The first kappa shape index (κ1) is 18.4. The summed E-state index contributed by atoms with van der Waals surface area (Å²) in [5, 5.41) is 1.78. The fraction of sp³-hybridized carbons (Fsp3) is 0.238. The number of hydrogen-bond donors (Lipinski definition) is 1. The minimum absolute atomic E-state index is 0.107. The summed E-state index contributed by atoms with van der Waals surface area (Å²) < 4.78 is 57.7. The first-order chi connectivity index (χ1) is 13.4. The molecule has 1 heterocycles. The highest BCUT2D eigenvalue weighted by Gasteiger charge is 2.32. The summed E-state index contributed by atoms with van der Waals surface area (Å²) in [7, 11) is 3.10. The van der Waals surface area contributed by atoms with E-state index in [-0.39, 0.29) is 5.56 Å². The normalized spacial score (nSPS) is 18.5. The minimum atomic E-state index is -1.25. The first-order valence-corrected chi connectivity index (χ1v) is 8.67. The first-order valence-electron chi connectivity index (χ1n) is 8.67. The number of ether oxygens (including phenoxy) is 3. The fourth-order valence-corrected chi connectivity index (χ4v) is 3.63. The summed E-state index contributed by atoms with van der Waals surface area (Å²) in [5.74, 6) is -1.62. The second-order valence-corrected chi connectivity index (χ2v) is 6.66. The van der Waals surface area contributed by atoms with E-state index >= 15 is 0 Å². The van der Waals surface area contributed by atoms with Crippen molar-refractivity contribution in [2.45, 2.75) is 18.6 Å². The van der Waals surface area contributed by atoms with Crippen LogP contribution in [0.1, 0.15) is 17.2 Å². The average molecular weight is 389 g/mol. The van der Waals surface area contributed by atoms with Gasteiger partial charge in [0.1, 0.15) is 17.7 Å². The van der Waals surface area contributed by atoms with Crippen LogP contribution < -0.4 is 19.9 Å². The third kappa shape index (κ3) is 2.92. The molecule has 3 aromatic rings. The predicted molar refractivity (Wildman–Crippen MR) is 98.4 cm³/mol. The van der Waals surface area contributed by atoms with E-state index in [0.717, 1.165) is 22.4 Å². The van der Waals surface area contributed by atoms with Crippen LogP contribution in [0, 0.1) is 17.5 Å². The van der Waals surface area contributed by atoms with Gasteiger partial charge in [0.15, 0.2) is 23.1 Å². The molecule has 0 amide bonds. The van der Waals surface area contributed by atoms with Crippen molar-refractivity contribution in [3.05, 3.63) is 65.0 Å². The molecule has 0 aliphatic carbocycles. The summed E-state index contributed by atoms with van der Waals surface area (Å²) in [6.45, 7) is 0. The van der Waals surface area contributed by atoms with E-state index in [9.17, 15) is 13.2 Å². The molecule has 0 radical (unpaired) electrons. The third-order valence-corrected chi connectivity index (χ3v) is 5.02. The van der Waals surface area contributed by atoms with Gasteiger partial charge in [0.05, 0.1) is 20.3 Å². The van der Waals surface area contributed by atoms with Gasteiger partial charge >= 0.3 is 0 Å². The van der Waals surface area contributed by atoms with Gasteiger partial charge in [-0.1, -0.05) is 6.07 Å². The number of halogens is 3. The Bertz CT molecular complexity index is 1070. The van der Waals surface area contributed by atoms with Gasteiger partial charge in [-0.3, -0.25) is 0 Å². The van der Waals surface area contributed by atoms with Crippen LogP contribution in [-0.2, 0) is 6.42 Å². The van der Waals surface area contributed by atoms with Gasteiger partial charge in [-0.05, 0) is 41.5 Å². The number of hydrogen-bond acceptors (Lipinski definition) is 4. The van der Waals surface area contributed by atoms with E-state index in [2.05, 4.69) is 0 Å². The highest BCUT2D eigenvalue weighted by atomic mass is 19.2. The maximum atomic E-state index is 14.2. The van der Waals surface area contributed by atoms with Gasteiger partial charge in [0, 0.05) is 17.2 Å². The highest BCUT2D eigenvalue weighted by molar-refractivity contribution is 5.91. The van der Waals surface area contributed by atoms with Crippen LogP contribution in [0.15, 0.2) is 36.4 Å². The number of nitrogens with two attached hydrogens (primary N) is 1. The molecule has 146 valence electrons. The minimum Gasteiger partial charge on any atom is -0.493 e. The van der Waals surface area contributed by atoms with Crippen LogP contribution in [0.2, 0.25) is 0 Å². The zero-order chi connectivity index (χ0) is 20.0. The molecule has 1 aliphatic rings. The van der Waals surface area contributed by atoms with E-state index in [1.165, 1.54) is 0 Å². The number of benzene rings is 3. The molecule has 2 unspecified atom stereocenters. The van der Waals surface area contributed by atoms with E-state index in [0.29, 0.717) is 29.7 Å². The number of rotatable bonds is 3. The molecule has 0 saturated carbocycles. The van der Waals surface area contributed by atoms with Crippen molar-refractivity contribution in [1.82, 2.24) is 0 Å². The Kier molecular flexibility index (Phi) is 4.55. The van der Waals surface area contributed by atoms with E-state index in [1.807, 2.05) is 18.2 Å². The van der Waals surface area contributed by atoms with Gasteiger partial charge < -0.3 is 19.9 Å². The Morgan fingerprint density at radius 3 is 2.32 bits per heavy atom. The van der Waals surface area contributed by atoms with Crippen LogP contribution in [-0.4, -0.2) is 20.3 Å². The van der Waals surface area contributed by atoms with Crippen LogP contribution in [0.5, 0.6) is 17.2 Å². The lowest BCUT2D eigenvalue weighted by atomic mass is 9.90. The molecule has 0 saturated heterocycles. The molecular weight excluding hydrogens is 371 g/mol. The Morgan fingerprint density at radius 2 is 1.61 bits per heavy atom. The monoisotopic (exact) mass is 389 g/mol. The van der Waals surface area contributed by atoms with Crippen LogP contribution in [0.4, 0.5) is 13.2 Å². The Balaban J connectivity index is 1.80. The quantitative estimate of drug-likeness (QED) is 0.680. The maximum Gasteiger partial charge on any atom is 0.161 e. The van der Waals surface area contributed by atoms with Crippen LogP contribution in [0.25, 0.3) is 10.8 Å². The largest absolute Gasteiger partial charge is 0.493 e. The van der Waals surface area contributed by atoms with E-state index in [4.69, 9.17) is 19.9 Å². The van der Waals surface area contributed by atoms with Crippen molar-refractivity contribution in [2.24, 2.45) is 5.73 Å². The zero-order valence-corrected chi connectivity index (χ0v) is 15.3. The molecule has 0 aromatic heterocycles. The van der Waals surface area contributed by atoms with Crippen molar-refractivity contribution in [3.63, 3.8) is 0 Å².